The minimum atomic E-state index is -0.690. The van der Waals surface area contributed by atoms with Crippen LogP contribution >= 0.6 is 0 Å². The van der Waals surface area contributed by atoms with Crippen LogP contribution < -0.4 is 15.2 Å². The highest BCUT2D eigenvalue weighted by atomic mass is 16.6. The molecular formula is C14H19N3O4. The minimum absolute atomic E-state index is 0.0841. The maximum Gasteiger partial charge on any atom is 0.267 e. The first-order chi connectivity index (χ1) is 10.0. The van der Waals surface area contributed by atoms with E-state index in [2.05, 4.69) is 5.16 Å². The van der Waals surface area contributed by atoms with Crippen LogP contribution in [0, 0.1) is 5.92 Å². The average molecular weight is 293 g/mol. The summed E-state index contributed by atoms with van der Waals surface area (Å²) in [4.78, 5) is 13.8. The van der Waals surface area contributed by atoms with Crippen molar-refractivity contribution >= 4 is 11.7 Å². The first-order valence-electron chi connectivity index (χ1n) is 6.63. The molecule has 0 aromatic heterocycles. The van der Waals surface area contributed by atoms with Crippen LogP contribution in [0.15, 0.2) is 29.4 Å². The van der Waals surface area contributed by atoms with E-state index in [1.54, 1.807) is 26.1 Å². The molecule has 7 nitrogen and oxygen atoms in total. The summed E-state index contributed by atoms with van der Waals surface area (Å²) >= 11 is 0. The monoisotopic (exact) mass is 293 g/mol. The highest BCUT2D eigenvalue weighted by Crippen LogP contribution is 2.31. The Hall–Kier alpha value is -2.44. The molecule has 0 aliphatic carbocycles. The van der Waals surface area contributed by atoms with Crippen molar-refractivity contribution in [3.63, 3.8) is 0 Å². The highest BCUT2D eigenvalue weighted by molar-refractivity contribution is 5.84. The Labute approximate surface area is 122 Å². The van der Waals surface area contributed by atoms with Crippen molar-refractivity contribution < 1.29 is 19.5 Å². The molecule has 1 aromatic rings. The number of carbonyl (C=O) groups is 1. The number of amidine groups is 1. The lowest BCUT2D eigenvalue weighted by molar-refractivity contribution is -0.140. The van der Waals surface area contributed by atoms with Gasteiger partial charge < -0.3 is 25.3 Å². The topological polar surface area (TPSA) is 97.4 Å². The number of amides is 1. The summed E-state index contributed by atoms with van der Waals surface area (Å²) in [5, 5.41) is 11.6. The summed E-state index contributed by atoms with van der Waals surface area (Å²) in [7, 11) is 1.65. The van der Waals surface area contributed by atoms with Crippen LogP contribution in [0.25, 0.3) is 0 Å². The van der Waals surface area contributed by atoms with Gasteiger partial charge in [-0.3, -0.25) is 4.79 Å². The van der Waals surface area contributed by atoms with E-state index in [0.29, 0.717) is 18.0 Å². The van der Waals surface area contributed by atoms with Gasteiger partial charge in [0, 0.05) is 19.5 Å². The number of fused-ring (bicyclic) bond motifs is 1. The summed E-state index contributed by atoms with van der Waals surface area (Å²) in [5.74, 6) is 0.817. The number of para-hydroxylation sites is 2. The maximum absolute atomic E-state index is 12.3. The van der Waals surface area contributed by atoms with Crippen LogP contribution in [-0.4, -0.2) is 48.2 Å². The van der Waals surface area contributed by atoms with Crippen LogP contribution in [0.4, 0.5) is 0 Å². The predicted octanol–water partition coefficient (Wildman–Crippen LogP) is 0.667. The largest absolute Gasteiger partial charge is 0.485 e. The number of rotatable bonds is 4. The van der Waals surface area contributed by atoms with Crippen molar-refractivity contribution in [2.75, 3.05) is 20.2 Å². The number of likely N-dealkylation sites (N-methyl/N-ethyl adjacent to an activating group) is 1. The summed E-state index contributed by atoms with van der Waals surface area (Å²) in [6.07, 6.45) is -0.690. The minimum Gasteiger partial charge on any atom is -0.485 e. The van der Waals surface area contributed by atoms with Crippen molar-refractivity contribution in [2.24, 2.45) is 16.8 Å². The van der Waals surface area contributed by atoms with Gasteiger partial charge in [-0.05, 0) is 12.1 Å². The zero-order valence-electron chi connectivity index (χ0n) is 12.0. The van der Waals surface area contributed by atoms with Gasteiger partial charge in [-0.1, -0.05) is 24.2 Å². The molecule has 0 radical (unpaired) electrons. The second-order valence-electron chi connectivity index (χ2n) is 5.01. The normalized spacial score (nSPS) is 19.0. The third-order valence-electron chi connectivity index (χ3n) is 3.33. The summed E-state index contributed by atoms with van der Waals surface area (Å²) in [6, 6.07) is 7.21. The smallest absolute Gasteiger partial charge is 0.267 e. The van der Waals surface area contributed by atoms with Gasteiger partial charge in [0.05, 0.1) is 0 Å². The van der Waals surface area contributed by atoms with E-state index < -0.39 is 6.10 Å². The molecule has 1 heterocycles. The molecule has 0 fully saturated rings. The summed E-state index contributed by atoms with van der Waals surface area (Å²) in [6.45, 7) is 2.26. The molecule has 0 saturated heterocycles. The molecule has 0 bridgehead atoms. The SMILES string of the molecule is CC(CN(C)C(=O)C1COc2ccccc2O1)C(N)=NO. The molecule has 1 aliphatic heterocycles. The van der Waals surface area contributed by atoms with Gasteiger partial charge in [0.1, 0.15) is 12.4 Å². The Balaban J connectivity index is 1.98. The van der Waals surface area contributed by atoms with Crippen LogP contribution in [0.1, 0.15) is 6.92 Å². The number of nitrogens with zero attached hydrogens (tertiary/aromatic N) is 2. The molecule has 114 valence electrons. The zero-order valence-corrected chi connectivity index (χ0v) is 12.0. The van der Waals surface area contributed by atoms with Crippen LogP contribution in [0.2, 0.25) is 0 Å². The molecule has 2 atom stereocenters. The second kappa shape index (κ2) is 6.34. The lowest BCUT2D eigenvalue weighted by Crippen LogP contribution is -2.47. The van der Waals surface area contributed by atoms with Crippen molar-refractivity contribution in [3.05, 3.63) is 24.3 Å². The van der Waals surface area contributed by atoms with Gasteiger partial charge in [-0.15, -0.1) is 0 Å². The van der Waals surface area contributed by atoms with Gasteiger partial charge in [0.15, 0.2) is 11.5 Å². The van der Waals surface area contributed by atoms with Gasteiger partial charge in [0.25, 0.3) is 5.91 Å². The summed E-state index contributed by atoms with van der Waals surface area (Å²) < 4.78 is 11.2. The number of carbonyl (C=O) groups excluding carboxylic acids is 1. The first-order valence-corrected chi connectivity index (χ1v) is 6.63. The molecule has 3 N–H and O–H groups in total. The van der Waals surface area contributed by atoms with E-state index in [1.807, 2.05) is 12.1 Å². The Morgan fingerprint density at radius 2 is 2.19 bits per heavy atom. The molecule has 0 saturated carbocycles. The van der Waals surface area contributed by atoms with Crippen LogP contribution in [-0.2, 0) is 4.79 Å². The fraction of sp³-hybridized carbons (Fsp3) is 0.429. The Kier molecular flexibility index (Phi) is 4.52. The molecule has 1 aromatic carbocycles. The Morgan fingerprint density at radius 3 is 2.86 bits per heavy atom. The standard InChI is InChI=1S/C14H19N3O4/c1-9(13(15)16-19)7-17(2)14(18)12-8-20-10-5-3-4-6-11(10)21-12/h3-6,9,12,19H,7-8H2,1-2H3,(H2,15,16). The van der Waals surface area contributed by atoms with E-state index in [9.17, 15) is 4.79 Å². The van der Waals surface area contributed by atoms with Crippen LogP contribution in [0.5, 0.6) is 11.5 Å². The molecule has 21 heavy (non-hydrogen) atoms. The van der Waals surface area contributed by atoms with Crippen molar-refractivity contribution in [3.8, 4) is 11.5 Å². The van der Waals surface area contributed by atoms with E-state index in [0.717, 1.165) is 0 Å². The second-order valence-corrected chi connectivity index (χ2v) is 5.01. The number of hydrogen-bond donors (Lipinski definition) is 2. The molecule has 1 amide bonds. The molecule has 7 heteroatoms. The third-order valence-corrected chi connectivity index (χ3v) is 3.33. The highest BCUT2D eigenvalue weighted by Gasteiger charge is 2.30. The fourth-order valence-electron chi connectivity index (χ4n) is 2.08. The van der Waals surface area contributed by atoms with Gasteiger partial charge in [0.2, 0.25) is 6.10 Å². The number of ether oxygens (including phenoxy) is 2. The first kappa shape index (κ1) is 15.0. The zero-order chi connectivity index (χ0) is 15.4. The molecule has 1 aliphatic rings. The van der Waals surface area contributed by atoms with Gasteiger partial charge in [-0.2, -0.15) is 0 Å². The lowest BCUT2D eigenvalue weighted by Gasteiger charge is -2.29. The number of oxime groups is 1. The fourth-order valence-corrected chi connectivity index (χ4v) is 2.08. The Bertz CT molecular complexity index is 547. The Morgan fingerprint density at radius 1 is 1.52 bits per heavy atom. The van der Waals surface area contributed by atoms with Crippen LogP contribution in [0.3, 0.4) is 0 Å². The summed E-state index contributed by atoms with van der Waals surface area (Å²) in [5.41, 5.74) is 5.51. The molecule has 0 spiro atoms. The third kappa shape index (κ3) is 3.36. The molecule has 2 rings (SSSR count). The van der Waals surface area contributed by atoms with E-state index in [1.165, 1.54) is 4.90 Å². The number of benzene rings is 1. The van der Waals surface area contributed by atoms with E-state index in [4.69, 9.17) is 20.4 Å². The predicted molar refractivity (Wildman–Crippen MR) is 76.6 cm³/mol. The van der Waals surface area contributed by atoms with Gasteiger partial charge in [-0.25, -0.2) is 0 Å². The lowest BCUT2D eigenvalue weighted by atomic mass is 10.1. The molecular weight excluding hydrogens is 274 g/mol. The van der Waals surface area contributed by atoms with Crippen molar-refractivity contribution in [1.29, 1.82) is 0 Å². The number of hydrogen-bond acceptors (Lipinski definition) is 5. The van der Waals surface area contributed by atoms with E-state index >= 15 is 0 Å². The molecule has 2 unspecified atom stereocenters. The quantitative estimate of drug-likeness (QED) is 0.368. The number of nitrogens with two attached hydrogens (primary N) is 1. The van der Waals surface area contributed by atoms with E-state index in [-0.39, 0.29) is 24.3 Å². The van der Waals surface area contributed by atoms with Crippen molar-refractivity contribution in [2.45, 2.75) is 13.0 Å². The van der Waals surface area contributed by atoms with Crippen molar-refractivity contribution in [1.82, 2.24) is 4.90 Å². The maximum atomic E-state index is 12.3. The van der Waals surface area contributed by atoms with Gasteiger partial charge >= 0.3 is 0 Å². The average Bonchev–Trinajstić information content (AvgIpc) is 2.52.